The van der Waals surface area contributed by atoms with Crippen LogP contribution in [0.2, 0.25) is 0 Å². The Morgan fingerprint density at radius 2 is 2.33 bits per heavy atom. The number of nitrogens with two attached hydrogens (primary N) is 1. The highest BCUT2D eigenvalue weighted by Crippen LogP contribution is 2.33. The average Bonchev–Trinajstić information content (AvgIpc) is 2.93. The molecular formula is C10H10FN5O2. The van der Waals surface area contributed by atoms with E-state index in [0.29, 0.717) is 11.2 Å². The molecule has 2 aromatic rings. The van der Waals surface area contributed by atoms with Crippen molar-refractivity contribution in [1.82, 2.24) is 19.5 Å². The lowest BCUT2D eigenvalue weighted by Crippen LogP contribution is -2.08. The van der Waals surface area contributed by atoms with E-state index in [1.54, 1.807) is 4.57 Å². The molecule has 2 atom stereocenters. The molecule has 0 aliphatic carbocycles. The number of nitrogen functional groups attached to an aromatic ring is 1. The summed E-state index contributed by atoms with van der Waals surface area (Å²) < 4.78 is 19.3. The number of hydrogen-bond acceptors (Lipinski definition) is 6. The van der Waals surface area contributed by atoms with Crippen molar-refractivity contribution in [3.63, 3.8) is 0 Å². The Morgan fingerprint density at radius 3 is 3.06 bits per heavy atom. The van der Waals surface area contributed by atoms with Crippen LogP contribution >= 0.6 is 0 Å². The fourth-order valence-electron chi connectivity index (χ4n) is 1.94. The summed E-state index contributed by atoms with van der Waals surface area (Å²) >= 11 is 0. The van der Waals surface area contributed by atoms with Gasteiger partial charge in [-0.15, -0.1) is 0 Å². The lowest BCUT2D eigenvalue weighted by Gasteiger charge is -2.11. The number of nitrogens with zero attached hydrogens (tertiary/aromatic N) is 4. The Morgan fingerprint density at radius 1 is 1.50 bits per heavy atom. The molecule has 2 aromatic heterocycles. The summed E-state index contributed by atoms with van der Waals surface area (Å²) in [5.74, 6) is 0.169. The molecule has 1 unspecified atom stereocenters. The third-order valence-electron chi connectivity index (χ3n) is 2.83. The van der Waals surface area contributed by atoms with Gasteiger partial charge >= 0.3 is 0 Å². The van der Waals surface area contributed by atoms with Gasteiger partial charge in [0.1, 0.15) is 30.6 Å². The highest BCUT2D eigenvalue weighted by molar-refractivity contribution is 5.81. The van der Waals surface area contributed by atoms with Gasteiger partial charge in [0.2, 0.25) is 0 Å². The Balaban J connectivity index is 2.04. The predicted octanol–water partition coefficient (Wildman–Crippen LogP) is 0.499. The molecule has 0 aromatic carbocycles. The number of rotatable bonds is 1. The molecule has 1 aliphatic rings. The normalized spacial score (nSPS) is 25.8. The van der Waals surface area contributed by atoms with Gasteiger partial charge in [-0.2, -0.15) is 0 Å². The van der Waals surface area contributed by atoms with Gasteiger partial charge in [0.15, 0.2) is 23.5 Å². The van der Waals surface area contributed by atoms with Gasteiger partial charge in [-0.1, -0.05) is 0 Å². The lowest BCUT2D eigenvalue weighted by molar-refractivity contribution is 0.0977. The van der Waals surface area contributed by atoms with E-state index in [1.807, 2.05) is 0 Å². The van der Waals surface area contributed by atoms with E-state index in [4.69, 9.17) is 10.5 Å². The number of hydrogen-bond donors (Lipinski definition) is 2. The smallest absolute Gasteiger partial charge is 0.181 e. The minimum absolute atomic E-state index is 0.0936. The maximum atomic E-state index is 12.4. The maximum absolute atomic E-state index is 12.4. The highest BCUT2D eigenvalue weighted by atomic mass is 19.1. The van der Waals surface area contributed by atoms with Crippen molar-refractivity contribution < 1.29 is 14.2 Å². The number of aliphatic hydroxyl groups excluding tert-OH is 1. The number of aliphatic hydroxyl groups is 1. The van der Waals surface area contributed by atoms with Gasteiger partial charge in [0, 0.05) is 6.42 Å². The number of halogens is 1. The fraction of sp³-hybridized carbons (Fsp3) is 0.300. The zero-order chi connectivity index (χ0) is 12.7. The summed E-state index contributed by atoms with van der Waals surface area (Å²) in [6.07, 6.45) is 1.76. The highest BCUT2D eigenvalue weighted by Gasteiger charge is 2.32. The second kappa shape index (κ2) is 3.91. The van der Waals surface area contributed by atoms with Gasteiger partial charge in [0.25, 0.3) is 0 Å². The van der Waals surface area contributed by atoms with Crippen LogP contribution < -0.4 is 5.73 Å². The molecule has 0 bridgehead atoms. The number of aromatic nitrogens is 4. The Kier molecular flexibility index (Phi) is 2.37. The van der Waals surface area contributed by atoms with Crippen molar-refractivity contribution in [2.75, 3.05) is 5.73 Å². The first-order chi connectivity index (χ1) is 8.70. The van der Waals surface area contributed by atoms with E-state index in [9.17, 15) is 9.50 Å². The molecule has 1 aliphatic heterocycles. The molecule has 1 saturated heterocycles. The topological polar surface area (TPSA) is 99.1 Å². The number of imidazole rings is 1. The SMILES string of the molecule is Nc1ncnc2c1ncn2[C@H]1CC(O)/C(=C/F)O1. The molecule has 3 heterocycles. The van der Waals surface area contributed by atoms with Crippen LogP contribution in [-0.2, 0) is 4.74 Å². The maximum Gasteiger partial charge on any atom is 0.181 e. The third-order valence-corrected chi connectivity index (χ3v) is 2.83. The quantitative estimate of drug-likeness (QED) is 0.765. The first-order valence-electron chi connectivity index (χ1n) is 5.28. The molecule has 1 fully saturated rings. The monoisotopic (exact) mass is 251 g/mol. The summed E-state index contributed by atoms with van der Waals surface area (Å²) in [6, 6.07) is 0. The van der Waals surface area contributed by atoms with E-state index in [-0.39, 0.29) is 24.3 Å². The second-order valence-electron chi connectivity index (χ2n) is 3.92. The molecule has 3 N–H and O–H groups in total. The first kappa shape index (κ1) is 10.9. The Bertz CT molecular complexity index is 626. The van der Waals surface area contributed by atoms with Crippen molar-refractivity contribution in [1.29, 1.82) is 0 Å². The zero-order valence-corrected chi connectivity index (χ0v) is 9.19. The predicted molar refractivity (Wildman–Crippen MR) is 59.7 cm³/mol. The standard InChI is InChI=1S/C10H10FN5O2/c11-2-6-5(17)1-7(18-6)16-4-15-8-9(12)13-3-14-10(8)16/h2-5,7,17H,1H2,(H2,12,13,14)/b6-2-/t5?,7-/m1/s1. The van der Waals surface area contributed by atoms with Gasteiger partial charge in [-0.3, -0.25) is 4.57 Å². The number of anilines is 1. The van der Waals surface area contributed by atoms with Gasteiger partial charge in [-0.05, 0) is 0 Å². The van der Waals surface area contributed by atoms with Crippen LogP contribution in [0, 0.1) is 0 Å². The average molecular weight is 251 g/mol. The summed E-state index contributed by atoms with van der Waals surface area (Å²) in [5, 5.41) is 9.56. The molecule has 0 saturated carbocycles. The molecule has 18 heavy (non-hydrogen) atoms. The second-order valence-corrected chi connectivity index (χ2v) is 3.92. The minimum atomic E-state index is -0.961. The molecule has 7 nitrogen and oxygen atoms in total. The summed E-state index contributed by atoms with van der Waals surface area (Å²) in [5.41, 5.74) is 6.60. The summed E-state index contributed by atoms with van der Waals surface area (Å²) in [6.45, 7) is 0. The molecule has 3 rings (SSSR count). The number of ether oxygens (including phenoxy) is 1. The van der Waals surface area contributed by atoms with Gasteiger partial charge < -0.3 is 15.6 Å². The van der Waals surface area contributed by atoms with Crippen LogP contribution in [0.4, 0.5) is 10.2 Å². The van der Waals surface area contributed by atoms with E-state index < -0.39 is 12.3 Å². The molecule has 0 radical (unpaired) electrons. The zero-order valence-electron chi connectivity index (χ0n) is 9.19. The van der Waals surface area contributed by atoms with Crippen molar-refractivity contribution in [2.24, 2.45) is 0 Å². The van der Waals surface area contributed by atoms with Crippen molar-refractivity contribution in [3.8, 4) is 0 Å². The fourth-order valence-corrected chi connectivity index (χ4v) is 1.94. The Labute approximate surface area is 101 Å². The third kappa shape index (κ3) is 1.50. The van der Waals surface area contributed by atoms with Crippen molar-refractivity contribution in [3.05, 3.63) is 24.7 Å². The van der Waals surface area contributed by atoms with Gasteiger partial charge in [-0.25, -0.2) is 19.3 Å². The number of fused-ring (bicyclic) bond motifs is 1. The minimum Gasteiger partial charge on any atom is -0.469 e. The lowest BCUT2D eigenvalue weighted by atomic mass is 10.2. The van der Waals surface area contributed by atoms with E-state index in [0.717, 1.165) is 0 Å². The van der Waals surface area contributed by atoms with Crippen molar-refractivity contribution in [2.45, 2.75) is 18.8 Å². The molecule has 94 valence electrons. The van der Waals surface area contributed by atoms with Crippen LogP contribution in [0.25, 0.3) is 11.2 Å². The first-order valence-corrected chi connectivity index (χ1v) is 5.28. The molecule has 8 heteroatoms. The molecule has 0 spiro atoms. The van der Waals surface area contributed by atoms with Crippen LogP contribution in [0.3, 0.4) is 0 Å². The van der Waals surface area contributed by atoms with Crippen LogP contribution in [0.5, 0.6) is 0 Å². The Hall–Kier alpha value is -2.22. The van der Waals surface area contributed by atoms with Crippen LogP contribution in [0.15, 0.2) is 24.7 Å². The summed E-state index contributed by atoms with van der Waals surface area (Å²) in [7, 11) is 0. The van der Waals surface area contributed by atoms with E-state index in [2.05, 4.69) is 15.0 Å². The van der Waals surface area contributed by atoms with Crippen LogP contribution in [-0.4, -0.2) is 30.7 Å². The van der Waals surface area contributed by atoms with Crippen LogP contribution in [0.1, 0.15) is 12.6 Å². The van der Waals surface area contributed by atoms with Gasteiger partial charge in [0.05, 0.1) is 0 Å². The molecule has 0 amide bonds. The summed E-state index contributed by atoms with van der Waals surface area (Å²) in [4.78, 5) is 12.0. The largest absolute Gasteiger partial charge is 0.469 e. The van der Waals surface area contributed by atoms with E-state index >= 15 is 0 Å². The molecular weight excluding hydrogens is 241 g/mol. The van der Waals surface area contributed by atoms with Crippen molar-refractivity contribution >= 4 is 17.0 Å². The van der Waals surface area contributed by atoms with E-state index in [1.165, 1.54) is 12.7 Å².